The number of aromatic nitrogens is 2. The van der Waals surface area contributed by atoms with Crippen LogP contribution in [0, 0.1) is 6.92 Å². The molecule has 0 aliphatic rings. The van der Waals surface area contributed by atoms with E-state index in [4.69, 9.17) is 4.42 Å². The molecule has 96 valence electrons. The van der Waals surface area contributed by atoms with Gasteiger partial charge >= 0.3 is 0 Å². The number of hydrogen-bond donors (Lipinski definition) is 1. The van der Waals surface area contributed by atoms with E-state index < -0.39 is 0 Å². The first-order chi connectivity index (χ1) is 9.22. The minimum Gasteiger partial charge on any atom is -0.464 e. The van der Waals surface area contributed by atoms with Crippen molar-refractivity contribution in [2.75, 3.05) is 5.32 Å². The normalized spacial score (nSPS) is 12.5. The summed E-state index contributed by atoms with van der Waals surface area (Å²) in [6.07, 6.45) is 1.82. The number of benzene rings is 1. The van der Waals surface area contributed by atoms with E-state index in [1.165, 1.54) is 0 Å². The molecule has 3 aromatic rings. The van der Waals surface area contributed by atoms with Gasteiger partial charge < -0.3 is 9.73 Å². The first kappa shape index (κ1) is 11.7. The standard InChI is InChI=1S/C15H15N3O/c1-10-7-8-14(19-10)11(2)17-15-16-9-12-5-3-4-6-13(12)18-15/h3-9,11H,1-2H3,(H,16,17,18). The number of aryl methyl sites for hydroxylation is 1. The lowest BCUT2D eigenvalue weighted by molar-refractivity contribution is 0.466. The summed E-state index contributed by atoms with van der Waals surface area (Å²) in [4.78, 5) is 8.80. The Morgan fingerprint density at radius 2 is 2.00 bits per heavy atom. The second-order valence-electron chi connectivity index (χ2n) is 4.57. The molecular formula is C15H15N3O. The van der Waals surface area contributed by atoms with Gasteiger partial charge in [0.05, 0.1) is 11.6 Å². The summed E-state index contributed by atoms with van der Waals surface area (Å²) in [7, 11) is 0. The molecule has 4 nitrogen and oxygen atoms in total. The van der Waals surface area contributed by atoms with Gasteiger partial charge in [0.2, 0.25) is 5.95 Å². The molecule has 1 atom stereocenters. The molecule has 0 aliphatic heterocycles. The van der Waals surface area contributed by atoms with Crippen molar-refractivity contribution in [2.24, 2.45) is 0 Å². The predicted octanol–water partition coefficient (Wildman–Crippen LogP) is 3.70. The molecule has 0 saturated carbocycles. The average Bonchev–Trinajstić information content (AvgIpc) is 2.85. The summed E-state index contributed by atoms with van der Waals surface area (Å²) in [5.74, 6) is 2.40. The summed E-state index contributed by atoms with van der Waals surface area (Å²) in [5.41, 5.74) is 0.933. The van der Waals surface area contributed by atoms with E-state index in [-0.39, 0.29) is 6.04 Å². The number of anilines is 1. The molecule has 2 heterocycles. The van der Waals surface area contributed by atoms with Crippen LogP contribution in [-0.2, 0) is 0 Å². The van der Waals surface area contributed by atoms with Crippen LogP contribution >= 0.6 is 0 Å². The van der Waals surface area contributed by atoms with E-state index in [0.717, 1.165) is 22.4 Å². The molecule has 1 N–H and O–H groups in total. The van der Waals surface area contributed by atoms with Gasteiger partial charge in [-0.2, -0.15) is 0 Å². The second-order valence-corrected chi connectivity index (χ2v) is 4.57. The summed E-state index contributed by atoms with van der Waals surface area (Å²) >= 11 is 0. The van der Waals surface area contributed by atoms with Crippen molar-refractivity contribution in [1.82, 2.24) is 9.97 Å². The van der Waals surface area contributed by atoms with Crippen LogP contribution < -0.4 is 5.32 Å². The minimum absolute atomic E-state index is 0.0369. The molecule has 1 unspecified atom stereocenters. The summed E-state index contributed by atoms with van der Waals surface area (Å²) in [6, 6.07) is 11.9. The minimum atomic E-state index is 0.0369. The third kappa shape index (κ3) is 2.42. The molecule has 0 aliphatic carbocycles. The van der Waals surface area contributed by atoms with Crippen LogP contribution in [0.4, 0.5) is 5.95 Å². The molecule has 0 spiro atoms. The van der Waals surface area contributed by atoms with Crippen LogP contribution in [0.25, 0.3) is 10.9 Å². The van der Waals surface area contributed by atoms with Crippen molar-refractivity contribution in [3.63, 3.8) is 0 Å². The topological polar surface area (TPSA) is 51.0 Å². The Hall–Kier alpha value is -2.36. The Balaban J connectivity index is 1.84. The van der Waals surface area contributed by atoms with Crippen molar-refractivity contribution in [3.05, 3.63) is 54.1 Å². The Bertz CT molecular complexity index is 705. The van der Waals surface area contributed by atoms with Crippen molar-refractivity contribution in [2.45, 2.75) is 19.9 Å². The van der Waals surface area contributed by atoms with E-state index in [1.807, 2.05) is 56.4 Å². The summed E-state index contributed by atoms with van der Waals surface area (Å²) < 4.78 is 5.59. The lowest BCUT2D eigenvalue weighted by atomic mass is 10.2. The van der Waals surface area contributed by atoms with Gasteiger partial charge in [-0.15, -0.1) is 0 Å². The van der Waals surface area contributed by atoms with Gasteiger partial charge in [-0.05, 0) is 32.0 Å². The van der Waals surface area contributed by atoms with Crippen LogP contribution in [0.2, 0.25) is 0 Å². The van der Waals surface area contributed by atoms with E-state index in [0.29, 0.717) is 5.95 Å². The van der Waals surface area contributed by atoms with E-state index in [2.05, 4.69) is 15.3 Å². The Kier molecular flexibility index (Phi) is 2.91. The smallest absolute Gasteiger partial charge is 0.223 e. The molecule has 0 saturated heterocycles. The highest BCUT2D eigenvalue weighted by Gasteiger charge is 2.10. The molecule has 0 fully saturated rings. The molecular weight excluding hydrogens is 238 g/mol. The fourth-order valence-electron chi connectivity index (χ4n) is 1.99. The Morgan fingerprint density at radius 1 is 1.16 bits per heavy atom. The van der Waals surface area contributed by atoms with E-state index in [1.54, 1.807) is 0 Å². The maximum Gasteiger partial charge on any atom is 0.223 e. The average molecular weight is 253 g/mol. The van der Waals surface area contributed by atoms with E-state index >= 15 is 0 Å². The largest absolute Gasteiger partial charge is 0.464 e. The number of hydrogen-bond acceptors (Lipinski definition) is 4. The van der Waals surface area contributed by atoms with Crippen molar-refractivity contribution < 1.29 is 4.42 Å². The second kappa shape index (κ2) is 4.72. The first-order valence-electron chi connectivity index (χ1n) is 6.27. The molecule has 0 radical (unpaired) electrons. The van der Waals surface area contributed by atoms with Gasteiger partial charge in [0, 0.05) is 11.6 Å². The molecule has 4 heteroatoms. The number of nitrogens with zero attached hydrogens (tertiary/aromatic N) is 2. The lowest BCUT2D eigenvalue weighted by Gasteiger charge is -2.11. The van der Waals surface area contributed by atoms with Gasteiger partial charge in [-0.25, -0.2) is 9.97 Å². The molecule has 0 bridgehead atoms. The lowest BCUT2D eigenvalue weighted by Crippen LogP contribution is -2.08. The van der Waals surface area contributed by atoms with Gasteiger partial charge in [-0.3, -0.25) is 0 Å². The Morgan fingerprint density at radius 3 is 2.79 bits per heavy atom. The monoisotopic (exact) mass is 253 g/mol. The molecule has 19 heavy (non-hydrogen) atoms. The van der Waals surface area contributed by atoms with Crippen LogP contribution in [0.1, 0.15) is 24.5 Å². The fraction of sp³-hybridized carbons (Fsp3) is 0.200. The number of nitrogens with one attached hydrogen (secondary N) is 1. The highest BCUT2D eigenvalue weighted by molar-refractivity contribution is 5.78. The van der Waals surface area contributed by atoms with Crippen LogP contribution in [0.15, 0.2) is 47.0 Å². The number of para-hydroxylation sites is 1. The third-order valence-electron chi connectivity index (χ3n) is 3.02. The highest BCUT2D eigenvalue weighted by Crippen LogP contribution is 2.20. The Labute approximate surface area is 111 Å². The number of rotatable bonds is 3. The predicted molar refractivity (Wildman–Crippen MR) is 75.0 cm³/mol. The third-order valence-corrected chi connectivity index (χ3v) is 3.02. The quantitative estimate of drug-likeness (QED) is 0.773. The van der Waals surface area contributed by atoms with Crippen molar-refractivity contribution >= 4 is 16.9 Å². The molecule has 3 rings (SSSR count). The van der Waals surface area contributed by atoms with Gasteiger partial charge in [-0.1, -0.05) is 18.2 Å². The highest BCUT2D eigenvalue weighted by atomic mass is 16.3. The zero-order valence-electron chi connectivity index (χ0n) is 10.9. The fourth-order valence-corrected chi connectivity index (χ4v) is 1.99. The first-order valence-corrected chi connectivity index (χ1v) is 6.27. The summed E-state index contributed by atoms with van der Waals surface area (Å²) in [6.45, 7) is 3.96. The SMILES string of the molecule is Cc1ccc(C(C)Nc2ncc3ccccc3n2)o1. The zero-order chi connectivity index (χ0) is 13.2. The van der Waals surface area contributed by atoms with Gasteiger partial charge in [0.1, 0.15) is 11.5 Å². The van der Waals surface area contributed by atoms with Crippen LogP contribution in [0.5, 0.6) is 0 Å². The maximum atomic E-state index is 5.59. The molecule has 1 aromatic carbocycles. The molecule has 0 amide bonds. The van der Waals surface area contributed by atoms with Crippen molar-refractivity contribution in [1.29, 1.82) is 0 Å². The molecule has 2 aromatic heterocycles. The van der Waals surface area contributed by atoms with Gasteiger partial charge in [0.25, 0.3) is 0 Å². The zero-order valence-corrected chi connectivity index (χ0v) is 10.9. The van der Waals surface area contributed by atoms with Gasteiger partial charge in [0.15, 0.2) is 0 Å². The van der Waals surface area contributed by atoms with Crippen LogP contribution in [-0.4, -0.2) is 9.97 Å². The van der Waals surface area contributed by atoms with Crippen LogP contribution in [0.3, 0.4) is 0 Å². The number of furan rings is 1. The summed E-state index contributed by atoms with van der Waals surface area (Å²) in [5, 5.41) is 4.28. The van der Waals surface area contributed by atoms with Crippen molar-refractivity contribution in [3.8, 4) is 0 Å². The maximum absolute atomic E-state index is 5.59. The number of fused-ring (bicyclic) bond motifs is 1. The van der Waals surface area contributed by atoms with E-state index in [9.17, 15) is 0 Å².